The first kappa shape index (κ1) is 19.2. The number of carbonyl (C=O) groups is 2. The van der Waals surface area contributed by atoms with E-state index in [1.54, 1.807) is 25.1 Å². The summed E-state index contributed by atoms with van der Waals surface area (Å²) in [6, 6.07) is 10.7. The molecule has 1 unspecified atom stereocenters. The molecule has 0 radical (unpaired) electrons. The van der Waals surface area contributed by atoms with Crippen LogP contribution >= 0.6 is 0 Å². The predicted molar refractivity (Wildman–Crippen MR) is 106 cm³/mol. The van der Waals surface area contributed by atoms with E-state index in [4.69, 9.17) is 18.9 Å². The van der Waals surface area contributed by atoms with Gasteiger partial charge in [0.25, 0.3) is 0 Å². The van der Waals surface area contributed by atoms with Crippen molar-refractivity contribution in [2.75, 3.05) is 13.2 Å². The molecule has 0 bridgehead atoms. The summed E-state index contributed by atoms with van der Waals surface area (Å²) in [5.41, 5.74) is 1.92. The fourth-order valence-corrected chi connectivity index (χ4v) is 3.51. The second kappa shape index (κ2) is 8.09. The number of ketones is 1. The van der Waals surface area contributed by atoms with Crippen LogP contribution in [0.15, 0.2) is 42.2 Å². The Labute approximate surface area is 169 Å². The molecule has 1 saturated heterocycles. The number of Topliss-reactive ketones (excluding diaryl/α,β-unsaturated/α-hetero) is 1. The van der Waals surface area contributed by atoms with Crippen LogP contribution in [0.1, 0.15) is 41.3 Å². The second-order valence-corrected chi connectivity index (χ2v) is 6.95. The second-order valence-electron chi connectivity index (χ2n) is 6.95. The lowest BCUT2D eigenvalue weighted by molar-refractivity contribution is -0.144. The lowest BCUT2D eigenvalue weighted by Gasteiger charge is -2.11. The third kappa shape index (κ3) is 3.89. The fourth-order valence-electron chi connectivity index (χ4n) is 3.51. The van der Waals surface area contributed by atoms with Crippen LogP contribution in [0.25, 0.3) is 6.08 Å². The molecule has 1 fully saturated rings. The molecule has 0 aliphatic carbocycles. The molecular formula is C23H22O6. The Morgan fingerprint density at radius 1 is 1.28 bits per heavy atom. The Morgan fingerprint density at radius 3 is 2.86 bits per heavy atom. The monoisotopic (exact) mass is 394 g/mol. The number of carbonyl (C=O) groups excluding carboxylic acids is 2. The Morgan fingerprint density at radius 2 is 2.10 bits per heavy atom. The van der Waals surface area contributed by atoms with Crippen molar-refractivity contribution in [3.63, 3.8) is 0 Å². The van der Waals surface area contributed by atoms with E-state index in [-0.39, 0.29) is 11.5 Å². The van der Waals surface area contributed by atoms with Gasteiger partial charge in [-0.25, -0.2) is 4.79 Å². The summed E-state index contributed by atoms with van der Waals surface area (Å²) in [5.74, 6) is 0.972. The van der Waals surface area contributed by atoms with Gasteiger partial charge in [0.2, 0.25) is 5.78 Å². The van der Waals surface area contributed by atoms with Gasteiger partial charge in [-0.15, -0.1) is 0 Å². The molecular weight excluding hydrogens is 372 g/mol. The molecule has 0 saturated carbocycles. The molecule has 2 aliphatic rings. The van der Waals surface area contributed by atoms with Crippen molar-refractivity contribution in [2.24, 2.45) is 0 Å². The maximum atomic E-state index is 12.9. The predicted octanol–water partition coefficient (Wildman–Crippen LogP) is 4.09. The third-order valence-electron chi connectivity index (χ3n) is 4.86. The largest absolute Gasteiger partial charge is 0.493 e. The number of ether oxygens (including phenoxy) is 4. The number of fused-ring (bicyclic) bond motifs is 1. The fraction of sp³-hybridized carbons (Fsp3) is 0.304. The molecule has 0 amide bonds. The maximum Gasteiger partial charge on any atom is 0.340 e. The van der Waals surface area contributed by atoms with Gasteiger partial charge in [0.05, 0.1) is 12.2 Å². The Bertz CT molecular complexity index is 985. The number of para-hydroxylation sites is 1. The topological polar surface area (TPSA) is 71.1 Å². The molecule has 6 heteroatoms. The first-order chi connectivity index (χ1) is 14.1. The SMILES string of the molecule is CCOc1ccccc1/C=C1\Oc2cc(OC(=O)C3CCCO3)cc(C)c2C1=O. The van der Waals surface area contributed by atoms with Crippen molar-refractivity contribution >= 4 is 17.8 Å². The summed E-state index contributed by atoms with van der Waals surface area (Å²) in [5, 5.41) is 0. The standard InChI is InChI=1S/C23H22O6/c1-3-26-17-8-5-4-7-15(17)12-20-22(24)21-14(2)11-16(13-19(21)29-20)28-23(25)18-9-6-10-27-18/h4-5,7-8,11-13,18H,3,6,9-10H2,1-2H3/b20-12-. The van der Waals surface area contributed by atoms with E-state index < -0.39 is 12.1 Å². The van der Waals surface area contributed by atoms with Gasteiger partial charge in [-0.2, -0.15) is 0 Å². The number of benzene rings is 2. The summed E-state index contributed by atoms with van der Waals surface area (Å²) < 4.78 is 22.2. The summed E-state index contributed by atoms with van der Waals surface area (Å²) >= 11 is 0. The Hall–Kier alpha value is -3.12. The first-order valence-electron chi connectivity index (χ1n) is 9.71. The number of allylic oxidation sites excluding steroid dienone is 1. The zero-order chi connectivity index (χ0) is 20.4. The number of esters is 1. The summed E-state index contributed by atoms with van der Waals surface area (Å²) in [4.78, 5) is 25.1. The van der Waals surface area contributed by atoms with Crippen molar-refractivity contribution in [2.45, 2.75) is 32.8 Å². The van der Waals surface area contributed by atoms with Crippen LogP contribution in [0.5, 0.6) is 17.2 Å². The van der Waals surface area contributed by atoms with Gasteiger partial charge < -0.3 is 18.9 Å². The highest BCUT2D eigenvalue weighted by atomic mass is 16.6. The van der Waals surface area contributed by atoms with E-state index in [9.17, 15) is 9.59 Å². The van der Waals surface area contributed by atoms with E-state index in [0.29, 0.717) is 48.0 Å². The van der Waals surface area contributed by atoms with Gasteiger partial charge in [0, 0.05) is 18.2 Å². The van der Waals surface area contributed by atoms with Crippen LogP contribution in [0.4, 0.5) is 0 Å². The minimum absolute atomic E-state index is 0.206. The summed E-state index contributed by atoms with van der Waals surface area (Å²) in [7, 11) is 0. The Kier molecular flexibility index (Phi) is 5.36. The highest BCUT2D eigenvalue weighted by molar-refractivity contribution is 6.15. The lowest BCUT2D eigenvalue weighted by Crippen LogP contribution is -2.24. The maximum absolute atomic E-state index is 12.9. The molecule has 2 heterocycles. The van der Waals surface area contributed by atoms with Gasteiger partial charge in [-0.1, -0.05) is 18.2 Å². The highest BCUT2D eigenvalue weighted by Gasteiger charge is 2.31. The van der Waals surface area contributed by atoms with Crippen LogP contribution in [-0.2, 0) is 9.53 Å². The molecule has 2 aromatic carbocycles. The lowest BCUT2D eigenvalue weighted by atomic mass is 10.0. The molecule has 1 atom stereocenters. The molecule has 2 aliphatic heterocycles. The van der Waals surface area contributed by atoms with Crippen molar-refractivity contribution < 1.29 is 28.5 Å². The molecule has 0 aromatic heterocycles. The van der Waals surface area contributed by atoms with Gasteiger partial charge in [0.1, 0.15) is 17.2 Å². The Balaban J connectivity index is 1.59. The van der Waals surface area contributed by atoms with E-state index in [1.807, 2.05) is 31.2 Å². The van der Waals surface area contributed by atoms with Crippen LogP contribution in [0.2, 0.25) is 0 Å². The van der Waals surface area contributed by atoms with Crippen LogP contribution in [0.3, 0.4) is 0 Å². The van der Waals surface area contributed by atoms with E-state index in [1.165, 1.54) is 0 Å². The van der Waals surface area contributed by atoms with Crippen molar-refractivity contribution in [3.8, 4) is 17.2 Å². The molecule has 0 N–H and O–H groups in total. The van der Waals surface area contributed by atoms with Gasteiger partial charge in [-0.3, -0.25) is 4.79 Å². The van der Waals surface area contributed by atoms with Crippen LogP contribution in [-0.4, -0.2) is 31.1 Å². The highest BCUT2D eigenvalue weighted by Crippen LogP contribution is 2.38. The molecule has 0 spiro atoms. The van der Waals surface area contributed by atoms with Crippen molar-refractivity contribution in [3.05, 3.63) is 58.8 Å². The smallest absolute Gasteiger partial charge is 0.340 e. The normalized spacial score (nSPS) is 19.2. The van der Waals surface area contributed by atoms with Gasteiger partial charge in [-0.05, 0) is 50.5 Å². The van der Waals surface area contributed by atoms with Crippen molar-refractivity contribution in [1.82, 2.24) is 0 Å². The average molecular weight is 394 g/mol. The number of rotatable bonds is 5. The summed E-state index contributed by atoms with van der Waals surface area (Å²) in [6.45, 7) is 4.78. The molecule has 2 aromatic rings. The van der Waals surface area contributed by atoms with E-state index >= 15 is 0 Å². The summed E-state index contributed by atoms with van der Waals surface area (Å²) in [6.07, 6.45) is 2.64. The molecule has 29 heavy (non-hydrogen) atoms. The van der Waals surface area contributed by atoms with E-state index in [2.05, 4.69) is 0 Å². The number of aryl methyl sites for hydroxylation is 1. The molecule has 150 valence electrons. The first-order valence-corrected chi connectivity index (χ1v) is 9.71. The van der Waals surface area contributed by atoms with Crippen LogP contribution in [0, 0.1) is 6.92 Å². The number of hydrogen-bond donors (Lipinski definition) is 0. The zero-order valence-corrected chi connectivity index (χ0v) is 16.4. The minimum atomic E-state index is -0.531. The van der Waals surface area contributed by atoms with Crippen LogP contribution < -0.4 is 14.2 Å². The zero-order valence-electron chi connectivity index (χ0n) is 16.4. The average Bonchev–Trinajstić information content (AvgIpc) is 3.33. The quantitative estimate of drug-likeness (QED) is 0.432. The van der Waals surface area contributed by atoms with Gasteiger partial charge in [0.15, 0.2) is 11.9 Å². The van der Waals surface area contributed by atoms with Crippen molar-refractivity contribution in [1.29, 1.82) is 0 Å². The molecule has 4 rings (SSSR count). The minimum Gasteiger partial charge on any atom is -0.493 e. The molecule has 6 nitrogen and oxygen atoms in total. The number of hydrogen-bond acceptors (Lipinski definition) is 6. The van der Waals surface area contributed by atoms with E-state index in [0.717, 1.165) is 12.0 Å². The van der Waals surface area contributed by atoms with Gasteiger partial charge >= 0.3 is 5.97 Å². The third-order valence-corrected chi connectivity index (χ3v) is 4.86.